The number of aromatic nitrogens is 1. The Labute approximate surface area is 252 Å². The normalized spacial score (nSPS) is 11.5. The van der Waals surface area contributed by atoms with E-state index in [0.717, 1.165) is 45.4 Å². The standard InChI is InChI=1S/C33H30ClF2NO6/c1-21-25(7-5-9-29(38)39)26-8-4-6-23(32(26)37(21)20-30(40)41)13-10-22-11-14-24(15-12-22)42-18-2-3-19-43-33-28(36)17-16-27(35)31(33)34/h2-4,6,8,10-17H,5,7,9,18-20H2,1H3,(H,38,39)(H,40,41). The second kappa shape index (κ2) is 14.5. The summed E-state index contributed by atoms with van der Waals surface area (Å²) in [6.45, 7) is 1.88. The third kappa shape index (κ3) is 8.02. The summed E-state index contributed by atoms with van der Waals surface area (Å²) in [5, 5.41) is 19.1. The second-order valence-corrected chi connectivity index (χ2v) is 10.1. The maximum absolute atomic E-state index is 13.8. The van der Waals surface area contributed by atoms with Crippen LogP contribution in [0.2, 0.25) is 5.02 Å². The fourth-order valence-corrected chi connectivity index (χ4v) is 4.95. The molecule has 1 heterocycles. The molecule has 0 spiro atoms. The fourth-order valence-electron chi connectivity index (χ4n) is 4.74. The minimum atomic E-state index is -0.960. The van der Waals surface area contributed by atoms with E-state index in [4.69, 9.17) is 26.2 Å². The number of fused-ring (bicyclic) bond motifs is 1. The van der Waals surface area contributed by atoms with Gasteiger partial charge < -0.3 is 24.3 Å². The Morgan fingerprint density at radius 3 is 2.30 bits per heavy atom. The molecule has 0 bridgehead atoms. The van der Waals surface area contributed by atoms with Crippen LogP contribution in [-0.2, 0) is 22.6 Å². The van der Waals surface area contributed by atoms with Crippen LogP contribution in [-0.4, -0.2) is 39.9 Å². The number of carboxylic acid groups (broad SMARTS) is 2. The number of ether oxygens (including phenoxy) is 2. The quantitative estimate of drug-likeness (QED) is 0.0870. The van der Waals surface area contributed by atoms with E-state index < -0.39 is 28.6 Å². The van der Waals surface area contributed by atoms with Crippen molar-refractivity contribution in [1.29, 1.82) is 0 Å². The topological polar surface area (TPSA) is 98.0 Å². The highest BCUT2D eigenvalue weighted by atomic mass is 35.5. The molecule has 0 aliphatic rings. The van der Waals surface area contributed by atoms with Crippen LogP contribution in [0, 0.1) is 18.6 Å². The third-order valence-electron chi connectivity index (χ3n) is 6.79. The Morgan fingerprint density at radius 1 is 0.907 bits per heavy atom. The number of aliphatic carboxylic acids is 2. The van der Waals surface area contributed by atoms with Crippen molar-refractivity contribution in [3.05, 3.63) is 106 Å². The molecule has 0 aliphatic carbocycles. The van der Waals surface area contributed by atoms with E-state index in [1.807, 2.05) is 61.5 Å². The van der Waals surface area contributed by atoms with Gasteiger partial charge in [0.05, 0.1) is 5.52 Å². The molecule has 1 aromatic heterocycles. The number of para-hydroxylation sites is 1. The van der Waals surface area contributed by atoms with Gasteiger partial charge in [-0.15, -0.1) is 0 Å². The smallest absolute Gasteiger partial charge is 0.323 e. The molecular formula is C33H30ClF2NO6. The molecule has 0 fully saturated rings. The van der Waals surface area contributed by atoms with Crippen molar-refractivity contribution in [1.82, 2.24) is 4.57 Å². The van der Waals surface area contributed by atoms with Crippen LogP contribution in [0.25, 0.3) is 23.1 Å². The lowest BCUT2D eigenvalue weighted by Gasteiger charge is -2.08. The number of carbonyl (C=O) groups is 2. The summed E-state index contributed by atoms with van der Waals surface area (Å²) in [4.78, 5) is 22.7. The van der Waals surface area contributed by atoms with Crippen LogP contribution in [0.1, 0.15) is 35.2 Å². The number of benzene rings is 3. The molecule has 43 heavy (non-hydrogen) atoms. The maximum Gasteiger partial charge on any atom is 0.323 e. The molecule has 4 aromatic rings. The van der Waals surface area contributed by atoms with Crippen molar-refractivity contribution in [2.75, 3.05) is 13.2 Å². The number of nitrogens with zero attached hydrogens (tertiary/aromatic N) is 1. The lowest BCUT2D eigenvalue weighted by atomic mass is 10.0. The Hall–Kier alpha value is -4.63. The first-order valence-corrected chi connectivity index (χ1v) is 13.9. The lowest BCUT2D eigenvalue weighted by Crippen LogP contribution is -2.10. The summed E-state index contributed by atoms with van der Waals surface area (Å²) in [5.41, 5.74) is 4.31. The van der Waals surface area contributed by atoms with Gasteiger partial charge in [-0.25, -0.2) is 8.78 Å². The second-order valence-electron chi connectivity index (χ2n) is 9.70. The van der Waals surface area contributed by atoms with Gasteiger partial charge in [0.25, 0.3) is 0 Å². The van der Waals surface area contributed by atoms with Gasteiger partial charge in [0.2, 0.25) is 0 Å². The monoisotopic (exact) mass is 609 g/mol. The van der Waals surface area contributed by atoms with E-state index in [2.05, 4.69) is 0 Å². The van der Waals surface area contributed by atoms with Gasteiger partial charge in [0.15, 0.2) is 11.6 Å². The van der Waals surface area contributed by atoms with E-state index in [9.17, 15) is 23.5 Å². The molecule has 0 aliphatic heterocycles. The molecule has 3 aromatic carbocycles. The zero-order valence-electron chi connectivity index (χ0n) is 23.4. The van der Waals surface area contributed by atoms with Crippen LogP contribution >= 0.6 is 11.6 Å². The summed E-state index contributed by atoms with van der Waals surface area (Å²) in [6.07, 6.45) is 8.18. The first kappa shape index (κ1) is 31.3. The predicted octanol–water partition coefficient (Wildman–Crippen LogP) is 7.56. The van der Waals surface area contributed by atoms with Gasteiger partial charge in [0.1, 0.15) is 36.3 Å². The van der Waals surface area contributed by atoms with Gasteiger partial charge in [0, 0.05) is 17.5 Å². The molecule has 2 N–H and O–H groups in total. The first-order valence-electron chi connectivity index (χ1n) is 13.5. The van der Waals surface area contributed by atoms with Crippen molar-refractivity contribution in [2.45, 2.75) is 32.7 Å². The number of rotatable bonds is 14. The highest BCUT2D eigenvalue weighted by Gasteiger charge is 2.18. The summed E-state index contributed by atoms with van der Waals surface area (Å²) in [6, 6.07) is 15.0. The summed E-state index contributed by atoms with van der Waals surface area (Å²) in [5.74, 6) is -3.04. The largest absolute Gasteiger partial charge is 0.490 e. The highest BCUT2D eigenvalue weighted by Crippen LogP contribution is 2.32. The lowest BCUT2D eigenvalue weighted by molar-refractivity contribution is -0.138. The SMILES string of the molecule is Cc1c(CCCC(=O)O)c2cccc(C=Cc3ccc(OCC=CCOc4c(F)ccc(F)c4Cl)cc3)c2n1CC(=O)O. The third-order valence-corrected chi connectivity index (χ3v) is 7.14. The van der Waals surface area contributed by atoms with Crippen molar-refractivity contribution < 1.29 is 38.1 Å². The summed E-state index contributed by atoms with van der Waals surface area (Å²) in [7, 11) is 0. The fraction of sp³-hybridized carbons (Fsp3) is 0.212. The molecule has 10 heteroatoms. The molecule has 0 saturated carbocycles. The zero-order valence-corrected chi connectivity index (χ0v) is 24.1. The van der Waals surface area contributed by atoms with Crippen LogP contribution in [0.15, 0.2) is 66.7 Å². The van der Waals surface area contributed by atoms with E-state index in [1.54, 1.807) is 16.7 Å². The van der Waals surface area contributed by atoms with Crippen LogP contribution in [0.3, 0.4) is 0 Å². The van der Waals surface area contributed by atoms with E-state index in [-0.39, 0.29) is 31.9 Å². The number of hydrogen-bond acceptors (Lipinski definition) is 4. The molecule has 4 rings (SSSR count). The molecule has 0 saturated heterocycles. The van der Waals surface area contributed by atoms with Crippen LogP contribution in [0.5, 0.6) is 11.5 Å². The number of aryl methyl sites for hydroxylation is 1. The molecule has 0 unspecified atom stereocenters. The molecule has 0 amide bonds. The van der Waals surface area contributed by atoms with E-state index in [1.165, 1.54) is 0 Å². The van der Waals surface area contributed by atoms with E-state index in [0.29, 0.717) is 18.6 Å². The van der Waals surface area contributed by atoms with Gasteiger partial charge in [-0.3, -0.25) is 9.59 Å². The number of halogens is 3. The molecule has 0 radical (unpaired) electrons. The Kier molecular flexibility index (Phi) is 10.6. The molecule has 0 atom stereocenters. The van der Waals surface area contributed by atoms with Crippen molar-refractivity contribution in [2.24, 2.45) is 0 Å². The highest BCUT2D eigenvalue weighted by molar-refractivity contribution is 6.32. The number of carboxylic acids is 2. The van der Waals surface area contributed by atoms with Gasteiger partial charge in [-0.1, -0.05) is 54.1 Å². The Bertz CT molecular complexity index is 1680. The first-order chi connectivity index (χ1) is 20.7. The molecule has 7 nitrogen and oxygen atoms in total. The van der Waals surface area contributed by atoms with Crippen molar-refractivity contribution >= 4 is 46.6 Å². The van der Waals surface area contributed by atoms with E-state index >= 15 is 0 Å². The predicted molar refractivity (Wildman–Crippen MR) is 162 cm³/mol. The summed E-state index contributed by atoms with van der Waals surface area (Å²) >= 11 is 5.74. The Morgan fingerprint density at radius 2 is 1.60 bits per heavy atom. The minimum absolute atomic E-state index is 0.0147. The average Bonchev–Trinajstić information content (AvgIpc) is 3.24. The maximum atomic E-state index is 13.8. The minimum Gasteiger partial charge on any atom is -0.490 e. The van der Waals surface area contributed by atoms with Gasteiger partial charge in [-0.2, -0.15) is 0 Å². The Balaban J connectivity index is 1.40. The molecule has 224 valence electrons. The molecular weight excluding hydrogens is 580 g/mol. The van der Waals surface area contributed by atoms with Gasteiger partial charge >= 0.3 is 11.9 Å². The van der Waals surface area contributed by atoms with Crippen LogP contribution in [0.4, 0.5) is 8.78 Å². The summed E-state index contributed by atoms with van der Waals surface area (Å²) < 4.78 is 39.9. The zero-order chi connectivity index (χ0) is 30.9. The van der Waals surface area contributed by atoms with Crippen molar-refractivity contribution in [3.63, 3.8) is 0 Å². The van der Waals surface area contributed by atoms with Crippen molar-refractivity contribution in [3.8, 4) is 11.5 Å². The van der Waals surface area contributed by atoms with Crippen LogP contribution < -0.4 is 9.47 Å². The average molecular weight is 610 g/mol. The van der Waals surface area contributed by atoms with Gasteiger partial charge in [-0.05, 0) is 72.9 Å². The number of hydrogen-bond donors (Lipinski definition) is 2.